The van der Waals surface area contributed by atoms with Crippen LogP contribution in [0.1, 0.15) is 5.56 Å². The molecule has 0 radical (unpaired) electrons. The molecule has 0 saturated carbocycles. The first kappa shape index (κ1) is 24.1. The molecule has 4 aromatic rings. The lowest BCUT2D eigenvalue weighted by Gasteiger charge is -2.10. The van der Waals surface area contributed by atoms with Gasteiger partial charge in [0.1, 0.15) is 5.75 Å². The number of carbonyl (C=O) groups is 1. The summed E-state index contributed by atoms with van der Waals surface area (Å²) >= 11 is 0. The van der Waals surface area contributed by atoms with Crippen molar-refractivity contribution in [2.75, 3.05) is 21.3 Å². The first-order valence-electron chi connectivity index (χ1n) is 10.3. The predicted molar refractivity (Wildman–Crippen MR) is 131 cm³/mol. The fourth-order valence-corrected chi connectivity index (χ4v) is 3.26. The summed E-state index contributed by atoms with van der Waals surface area (Å²) in [5.41, 5.74) is 1.74. The highest BCUT2D eigenvalue weighted by atomic mass is 16.5. The Morgan fingerprint density at radius 3 is 2.12 bits per heavy atom. The summed E-state index contributed by atoms with van der Waals surface area (Å²) in [6, 6.07) is 21.8. The molecule has 7 heteroatoms. The van der Waals surface area contributed by atoms with Crippen LogP contribution in [0.5, 0.6) is 17.2 Å². The third-order valence-corrected chi connectivity index (χ3v) is 4.84. The molecule has 1 N–H and O–H groups in total. The Balaban J connectivity index is 0.000000215. The lowest BCUT2D eigenvalue weighted by Crippen LogP contribution is -2.08. The van der Waals surface area contributed by atoms with Crippen molar-refractivity contribution >= 4 is 23.0 Å². The van der Waals surface area contributed by atoms with E-state index in [9.17, 15) is 9.59 Å². The summed E-state index contributed by atoms with van der Waals surface area (Å²) in [5.74, 6) is 0.817. The number of rotatable bonds is 6. The number of hydrogen-bond acceptors (Lipinski definition) is 6. The van der Waals surface area contributed by atoms with Crippen molar-refractivity contribution in [1.82, 2.24) is 0 Å². The number of aliphatic carboxylic acids is 1. The molecule has 1 heterocycles. The van der Waals surface area contributed by atoms with Gasteiger partial charge in [-0.2, -0.15) is 0 Å². The van der Waals surface area contributed by atoms with Crippen LogP contribution in [0.4, 0.5) is 0 Å². The van der Waals surface area contributed by atoms with Crippen LogP contribution in [0.15, 0.2) is 88.1 Å². The van der Waals surface area contributed by atoms with Gasteiger partial charge in [-0.3, -0.25) is 4.79 Å². The number of fused-ring (bicyclic) bond motifs is 1. The molecular weight excluding hydrogens is 436 g/mol. The van der Waals surface area contributed by atoms with Gasteiger partial charge in [-0.05, 0) is 24.3 Å². The average Bonchev–Trinajstić information content (AvgIpc) is 2.88. The zero-order chi connectivity index (χ0) is 24.5. The van der Waals surface area contributed by atoms with Gasteiger partial charge in [-0.25, -0.2) is 4.79 Å². The summed E-state index contributed by atoms with van der Waals surface area (Å²) in [7, 11) is 4.55. The second-order valence-corrected chi connectivity index (χ2v) is 6.91. The quantitative estimate of drug-likeness (QED) is 0.392. The first-order chi connectivity index (χ1) is 16.5. The van der Waals surface area contributed by atoms with Crippen LogP contribution in [-0.4, -0.2) is 32.4 Å². The topological polar surface area (TPSA) is 95.2 Å². The third-order valence-electron chi connectivity index (χ3n) is 4.84. The van der Waals surface area contributed by atoms with Crippen molar-refractivity contribution in [3.05, 3.63) is 94.7 Å². The molecule has 0 atom stereocenters. The number of carboxylic acids is 1. The largest absolute Gasteiger partial charge is 0.496 e. The normalized spacial score (nSPS) is 10.4. The van der Waals surface area contributed by atoms with Crippen LogP contribution < -0.4 is 19.6 Å². The molecule has 34 heavy (non-hydrogen) atoms. The molecule has 1 aromatic heterocycles. The fourth-order valence-electron chi connectivity index (χ4n) is 3.26. The maximum absolute atomic E-state index is 12.6. The van der Waals surface area contributed by atoms with Crippen LogP contribution in [0.2, 0.25) is 0 Å². The van der Waals surface area contributed by atoms with Gasteiger partial charge in [-0.15, -0.1) is 0 Å². The SMILES string of the molecule is COc1c(-c2ccccc2)oc2c(OC)cccc2c1=O.COc1ccccc1C=CC(=O)O. The van der Waals surface area contributed by atoms with E-state index in [4.69, 9.17) is 23.7 Å². The minimum Gasteiger partial charge on any atom is -0.496 e. The summed E-state index contributed by atoms with van der Waals surface area (Å²) in [6.45, 7) is 0. The summed E-state index contributed by atoms with van der Waals surface area (Å²) in [4.78, 5) is 22.8. The molecule has 174 valence electrons. The molecule has 4 rings (SSSR count). The molecule has 7 nitrogen and oxygen atoms in total. The Labute approximate surface area is 196 Å². The minimum atomic E-state index is -0.967. The Kier molecular flexibility index (Phi) is 8.07. The number of benzene rings is 3. The lowest BCUT2D eigenvalue weighted by molar-refractivity contribution is -0.131. The first-order valence-corrected chi connectivity index (χ1v) is 10.3. The fraction of sp³-hybridized carbons (Fsp3) is 0.111. The molecular formula is C27H24O7. The Hall–Kier alpha value is -4.52. The summed E-state index contributed by atoms with van der Waals surface area (Å²) in [5, 5.41) is 8.85. The van der Waals surface area contributed by atoms with Gasteiger partial charge >= 0.3 is 5.97 Å². The highest BCUT2D eigenvalue weighted by Gasteiger charge is 2.18. The Morgan fingerprint density at radius 2 is 1.47 bits per heavy atom. The van der Waals surface area contributed by atoms with E-state index in [-0.39, 0.29) is 11.2 Å². The van der Waals surface area contributed by atoms with Gasteiger partial charge in [0, 0.05) is 17.2 Å². The van der Waals surface area contributed by atoms with Gasteiger partial charge in [0.25, 0.3) is 0 Å². The minimum absolute atomic E-state index is 0.196. The van der Waals surface area contributed by atoms with Crippen molar-refractivity contribution in [3.63, 3.8) is 0 Å². The summed E-state index contributed by atoms with van der Waals surface area (Å²) < 4.78 is 21.5. The molecule has 0 bridgehead atoms. The Morgan fingerprint density at radius 1 is 0.824 bits per heavy atom. The van der Waals surface area contributed by atoms with E-state index in [1.54, 1.807) is 44.6 Å². The molecule has 0 spiro atoms. The molecule has 0 aliphatic heterocycles. The van der Waals surface area contributed by atoms with Crippen molar-refractivity contribution in [2.45, 2.75) is 0 Å². The molecule has 0 fully saturated rings. The Bertz CT molecular complexity index is 1350. The van der Waals surface area contributed by atoms with Gasteiger partial charge in [0.15, 0.2) is 17.1 Å². The van der Waals surface area contributed by atoms with Gasteiger partial charge in [0.05, 0.1) is 26.7 Å². The van der Waals surface area contributed by atoms with Crippen LogP contribution in [0.3, 0.4) is 0 Å². The van der Waals surface area contributed by atoms with Gasteiger partial charge < -0.3 is 23.7 Å². The van der Waals surface area contributed by atoms with Crippen molar-refractivity contribution < 1.29 is 28.5 Å². The van der Waals surface area contributed by atoms with E-state index >= 15 is 0 Å². The number of hydrogen-bond donors (Lipinski definition) is 1. The van der Waals surface area contributed by atoms with Crippen molar-refractivity contribution in [2.24, 2.45) is 0 Å². The lowest BCUT2D eigenvalue weighted by atomic mass is 10.1. The van der Waals surface area contributed by atoms with E-state index < -0.39 is 5.97 Å². The average molecular weight is 460 g/mol. The highest BCUT2D eigenvalue weighted by Crippen LogP contribution is 2.33. The maximum Gasteiger partial charge on any atom is 0.328 e. The number of carboxylic acid groups (broad SMARTS) is 1. The van der Waals surface area contributed by atoms with E-state index in [0.29, 0.717) is 28.2 Å². The smallest absolute Gasteiger partial charge is 0.328 e. The highest BCUT2D eigenvalue weighted by molar-refractivity contribution is 5.87. The number of para-hydroxylation sites is 2. The van der Waals surface area contributed by atoms with Crippen LogP contribution in [-0.2, 0) is 4.79 Å². The number of ether oxygens (including phenoxy) is 3. The second kappa shape index (κ2) is 11.4. The number of methoxy groups -OCH3 is 3. The zero-order valence-corrected chi connectivity index (χ0v) is 19.0. The zero-order valence-electron chi connectivity index (χ0n) is 19.0. The standard InChI is InChI=1S/C17H14O4.C10H10O3/c1-19-13-10-6-9-12-14(18)17(20-2)15(21-16(12)13)11-7-4-3-5-8-11;1-13-9-5-3-2-4-8(9)6-7-10(11)12/h3-10H,1-2H3;2-7H,1H3,(H,11,12). The van der Waals surface area contributed by atoms with Crippen LogP contribution in [0.25, 0.3) is 28.4 Å². The van der Waals surface area contributed by atoms with Crippen LogP contribution in [0, 0.1) is 0 Å². The van der Waals surface area contributed by atoms with E-state index in [0.717, 1.165) is 17.2 Å². The third kappa shape index (κ3) is 5.45. The van der Waals surface area contributed by atoms with Crippen molar-refractivity contribution in [3.8, 4) is 28.6 Å². The van der Waals surface area contributed by atoms with E-state index in [1.807, 2.05) is 42.5 Å². The second-order valence-electron chi connectivity index (χ2n) is 6.91. The molecule has 0 aliphatic carbocycles. The van der Waals surface area contributed by atoms with E-state index in [1.165, 1.54) is 13.2 Å². The predicted octanol–water partition coefficient (Wildman–Crippen LogP) is 5.27. The van der Waals surface area contributed by atoms with Gasteiger partial charge in [-0.1, -0.05) is 54.6 Å². The molecule has 0 amide bonds. The van der Waals surface area contributed by atoms with Gasteiger partial charge in [0.2, 0.25) is 11.2 Å². The maximum atomic E-state index is 12.6. The molecule has 0 aliphatic rings. The molecule has 0 unspecified atom stereocenters. The van der Waals surface area contributed by atoms with Crippen LogP contribution >= 0.6 is 0 Å². The molecule has 3 aromatic carbocycles. The monoisotopic (exact) mass is 460 g/mol. The molecule has 0 saturated heterocycles. The van der Waals surface area contributed by atoms with E-state index in [2.05, 4.69) is 0 Å². The van der Waals surface area contributed by atoms with Crippen molar-refractivity contribution in [1.29, 1.82) is 0 Å². The summed E-state index contributed by atoms with van der Waals surface area (Å²) in [6.07, 6.45) is 2.58.